The number of nitrogens with one attached hydrogen (secondary N) is 1. The number of hydrogen-bond donors (Lipinski definition) is 1. The van der Waals surface area contributed by atoms with Gasteiger partial charge in [-0.25, -0.2) is 0 Å². The van der Waals surface area contributed by atoms with Crippen molar-refractivity contribution < 1.29 is 4.79 Å². The van der Waals surface area contributed by atoms with Crippen LogP contribution in [0.2, 0.25) is 5.02 Å². The summed E-state index contributed by atoms with van der Waals surface area (Å²) >= 11 is 5.87. The molecule has 1 aromatic rings. The standard InChI is InChI=1S/C16H22ClN3O.ClH/c17-14-3-1-13(2-4-14)11-16(21)20-9-7-19(8-10-20)15-5-6-18-12-15;/h1-4,15,18H,5-12H2;1H. The molecule has 2 aliphatic heterocycles. The first-order chi connectivity index (χ1) is 10.2. The van der Waals surface area contributed by atoms with E-state index >= 15 is 0 Å². The van der Waals surface area contributed by atoms with Crippen molar-refractivity contribution in [2.45, 2.75) is 18.9 Å². The quantitative estimate of drug-likeness (QED) is 0.909. The summed E-state index contributed by atoms with van der Waals surface area (Å²) in [6, 6.07) is 8.21. The van der Waals surface area contributed by atoms with Crippen LogP contribution in [-0.2, 0) is 11.2 Å². The highest BCUT2D eigenvalue weighted by Gasteiger charge is 2.27. The molecule has 3 rings (SSSR count). The van der Waals surface area contributed by atoms with Crippen LogP contribution in [0.25, 0.3) is 0 Å². The van der Waals surface area contributed by atoms with E-state index in [0.717, 1.165) is 44.8 Å². The smallest absolute Gasteiger partial charge is 0.227 e. The highest BCUT2D eigenvalue weighted by Crippen LogP contribution is 2.14. The normalized spacial score (nSPS) is 22.4. The molecule has 0 bridgehead atoms. The Morgan fingerprint density at radius 2 is 1.86 bits per heavy atom. The molecule has 1 unspecified atom stereocenters. The molecule has 1 aromatic carbocycles. The number of nitrogens with zero attached hydrogens (tertiary/aromatic N) is 2. The average Bonchev–Trinajstić information content (AvgIpc) is 3.04. The van der Waals surface area contributed by atoms with Gasteiger partial charge in [-0.3, -0.25) is 9.69 Å². The van der Waals surface area contributed by atoms with Crippen LogP contribution in [0.5, 0.6) is 0 Å². The van der Waals surface area contributed by atoms with E-state index < -0.39 is 0 Å². The van der Waals surface area contributed by atoms with E-state index in [0.29, 0.717) is 17.5 Å². The van der Waals surface area contributed by atoms with Gasteiger partial charge in [0.2, 0.25) is 5.91 Å². The predicted molar refractivity (Wildman–Crippen MR) is 91.8 cm³/mol. The van der Waals surface area contributed by atoms with E-state index in [1.165, 1.54) is 6.42 Å². The summed E-state index contributed by atoms with van der Waals surface area (Å²) in [6.07, 6.45) is 1.71. The highest BCUT2D eigenvalue weighted by molar-refractivity contribution is 6.30. The van der Waals surface area contributed by atoms with Crippen LogP contribution in [0.15, 0.2) is 24.3 Å². The second-order valence-electron chi connectivity index (χ2n) is 5.87. The molecule has 0 saturated carbocycles. The van der Waals surface area contributed by atoms with E-state index in [-0.39, 0.29) is 18.3 Å². The van der Waals surface area contributed by atoms with Crippen LogP contribution in [-0.4, -0.2) is 61.0 Å². The molecular formula is C16H23Cl2N3O. The number of carbonyl (C=O) groups is 1. The molecule has 2 fully saturated rings. The topological polar surface area (TPSA) is 35.6 Å². The van der Waals surface area contributed by atoms with E-state index in [1.54, 1.807) is 0 Å². The lowest BCUT2D eigenvalue weighted by Gasteiger charge is -2.37. The highest BCUT2D eigenvalue weighted by atomic mass is 35.5. The largest absolute Gasteiger partial charge is 0.340 e. The summed E-state index contributed by atoms with van der Waals surface area (Å²) in [5.74, 6) is 0.224. The molecule has 6 heteroatoms. The van der Waals surface area contributed by atoms with Gasteiger partial charge in [0.15, 0.2) is 0 Å². The second kappa shape index (κ2) is 8.16. The van der Waals surface area contributed by atoms with Gasteiger partial charge in [0.05, 0.1) is 6.42 Å². The molecule has 0 aromatic heterocycles. The number of amides is 1. The molecule has 1 amide bonds. The summed E-state index contributed by atoms with van der Waals surface area (Å²) in [7, 11) is 0. The Morgan fingerprint density at radius 3 is 2.45 bits per heavy atom. The van der Waals surface area contributed by atoms with Crippen LogP contribution in [0.1, 0.15) is 12.0 Å². The van der Waals surface area contributed by atoms with Gasteiger partial charge in [0.25, 0.3) is 0 Å². The van der Waals surface area contributed by atoms with E-state index in [9.17, 15) is 4.79 Å². The van der Waals surface area contributed by atoms with Crippen molar-refractivity contribution in [2.75, 3.05) is 39.3 Å². The lowest BCUT2D eigenvalue weighted by atomic mass is 10.1. The third-order valence-electron chi connectivity index (χ3n) is 4.49. The molecule has 0 aliphatic carbocycles. The average molecular weight is 344 g/mol. The van der Waals surface area contributed by atoms with Gasteiger partial charge in [-0.2, -0.15) is 0 Å². The van der Waals surface area contributed by atoms with Crippen LogP contribution in [0, 0.1) is 0 Å². The molecule has 0 spiro atoms. The van der Waals surface area contributed by atoms with Crippen LogP contribution in [0.3, 0.4) is 0 Å². The van der Waals surface area contributed by atoms with E-state index in [2.05, 4.69) is 10.2 Å². The van der Waals surface area contributed by atoms with Crippen molar-refractivity contribution in [2.24, 2.45) is 0 Å². The number of carbonyl (C=O) groups excluding carboxylic acids is 1. The number of piperazine rings is 1. The first-order valence-electron chi connectivity index (χ1n) is 7.69. The minimum absolute atomic E-state index is 0. The minimum Gasteiger partial charge on any atom is -0.340 e. The van der Waals surface area contributed by atoms with E-state index in [4.69, 9.17) is 11.6 Å². The molecular weight excluding hydrogens is 321 g/mol. The number of rotatable bonds is 3. The fourth-order valence-electron chi connectivity index (χ4n) is 3.18. The van der Waals surface area contributed by atoms with Crippen molar-refractivity contribution in [3.63, 3.8) is 0 Å². The zero-order valence-electron chi connectivity index (χ0n) is 12.6. The van der Waals surface area contributed by atoms with Crippen molar-refractivity contribution in [1.29, 1.82) is 0 Å². The monoisotopic (exact) mass is 343 g/mol. The third kappa shape index (κ3) is 4.35. The van der Waals surface area contributed by atoms with Gasteiger partial charge in [-0.15, -0.1) is 12.4 Å². The van der Waals surface area contributed by atoms with Gasteiger partial charge in [-0.05, 0) is 30.7 Å². The fourth-order valence-corrected chi connectivity index (χ4v) is 3.30. The Hall–Kier alpha value is -0.810. The summed E-state index contributed by atoms with van der Waals surface area (Å²) in [5.41, 5.74) is 1.03. The first-order valence-corrected chi connectivity index (χ1v) is 8.07. The molecule has 2 heterocycles. The molecule has 2 aliphatic rings. The zero-order valence-corrected chi connectivity index (χ0v) is 14.2. The van der Waals surface area contributed by atoms with Crippen LogP contribution in [0.4, 0.5) is 0 Å². The fraction of sp³-hybridized carbons (Fsp3) is 0.562. The van der Waals surface area contributed by atoms with Gasteiger partial charge in [0, 0.05) is 43.8 Å². The molecule has 2 saturated heterocycles. The Bertz CT molecular complexity index is 481. The Morgan fingerprint density at radius 1 is 1.18 bits per heavy atom. The van der Waals surface area contributed by atoms with Crippen LogP contribution >= 0.6 is 24.0 Å². The van der Waals surface area contributed by atoms with Gasteiger partial charge < -0.3 is 10.2 Å². The molecule has 122 valence electrons. The van der Waals surface area contributed by atoms with Gasteiger partial charge in [-0.1, -0.05) is 23.7 Å². The maximum absolute atomic E-state index is 12.3. The minimum atomic E-state index is 0. The van der Waals surface area contributed by atoms with Crippen molar-refractivity contribution in [3.05, 3.63) is 34.9 Å². The second-order valence-corrected chi connectivity index (χ2v) is 6.30. The molecule has 1 atom stereocenters. The summed E-state index contributed by atoms with van der Waals surface area (Å²) < 4.78 is 0. The molecule has 1 N–H and O–H groups in total. The number of benzene rings is 1. The Balaban J connectivity index is 0.00000176. The Labute approximate surface area is 143 Å². The van der Waals surface area contributed by atoms with E-state index in [1.807, 2.05) is 29.2 Å². The molecule has 22 heavy (non-hydrogen) atoms. The summed E-state index contributed by atoms with van der Waals surface area (Å²) in [4.78, 5) is 16.9. The predicted octanol–water partition coefficient (Wildman–Crippen LogP) is 1.81. The maximum Gasteiger partial charge on any atom is 0.227 e. The van der Waals surface area contributed by atoms with Crippen molar-refractivity contribution >= 4 is 29.9 Å². The lowest BCUT2D eigenvalue weighted by Crippen LogP contribution is -2.52. The number of halogens is 2. The molecule has 4 nitrogen and oxygen atoms in total. The SMILES string of the molecule is Cl.O=C(Cc1ccc(Cl)cc1)N1CCN(C2CCNC2)CC1. The van der Waals surface area contributed by atoms with Gasteiger partial charge >= 0.3 is 0 Å². The third-order valence-corrected chi connectivity index (χ3v) is 4.74. The van der Waals surface area contributed by atoms with Crippen LogP contribution < -0.4 is 5.32 Å². The van der Waals surface area contributed by atoms with Gasteiger partial charge in [0.1, 0.15) is 0 Å². The molecule has 0 radical (unpaired) electrons. The summed E-state index contributed by atoms with van der Waals surface area (Å²) in [5, 5.41) is 4.12. The first kappa shape index (κ1) is 17.5. The zero-order chi connectivity index (χ0) is 14.7. The Kier molecular flexibility index (Phi) is 6.50. The van der Waals surface area contributed by atoms with Crippen molar-refractivity contribution in [3.8, 4) is 0 Å². The lowest BCUT2D eigenvalue weighted by molar-refractivity contribution is -0.132. The summed E-state index contributed by atoms with van der Waals surface area (Å²) in [6.45, 7) is 5.92. The number of hydrogen-bond acceptors (Lipinski definition) is 3. The maximum atomic E-state index is 12.3. The van der Waals surface area contributed by atoms with Crippen molar-refractivity contribution in [1.82, 2.24) is 15.1 Å².